The number of carbonyl (C=O) groups excluding carboxylic acids is 1. The van der Waals surface area contributed by atoms with E-state index in [2.05, 4.69) is 23.0 Å². The van der Waals surface area contributed by atoms with Gasteiger partial charge in [0.15, 0.2) is 0 Å². The summed E-state index contributed by atoms with van der Waals surface area (Å²) in [5.74, 6) is -0.110. The zero-order valence-corrected chi connectivity index (χ0v) is 13.0. The van der Waals surface area contributed by atoms with Crippen LogP contribution in [0.25, 0.3) is 0 Å². The van der Waals surface area contributed by atoms with Crippen molar-refractivity contribution in [2.45, 2.75) is 39.5 Å². The fourth-order valence-corrected chi connectivity index (χ4v) is 1.81. The molecule has 0 aromatic carbocycles. The van der Waals surface area contributed by atoms with Crippen LogP contribution in [0.15, 0.2) is 0 Å². The van der Waals surface area contributed by atoms with Crippen LogP contribution in [0.1, 0.15) is 39.5 Å². The Morgan fingerprint density at radius 1 is 1.10 bits per heavy atom. The summed E-state index contributed by atoms with van der Waals surface area (Å²) in [6, 6.07) is 0. The van der Waals surface area contributed by atoms with Crippen molar-refractivity contribution < 1.29 is 9.63 Å². The lowest BCUT2D eigenvalue weighted by molar-refractivity contribution is -0.156. The standard InChI is InChI=1S/C14H32N4O2/c1-3-5-6-13(4-2)14(19)20-18-12-11-17-10-9-16-8-7-15/h13,16-18H,3-12,15H2,1-2H3. The zero-order valence-electron chi connectivity index (χ0n) is 13.0. The zero-order chi connectivity index (χ0) is 15.1. The van der Waals surface area contributed by atoms with Crippen LogP contribution in [0.3, 0.4) is 0 Å². The number of hydrogen-bond acceptors (Lipinski definition) is 6. The first kappa shape index (κ1) is 19.3. The van der Waals surface area contributed by atoms with Gasteiger partial charge < -0.3 is 21.2 Å². The third kappa shape index (κ3) is 11.2. The highest BCUT2D eigenvalue weighted by Gasteiger charge is 2.17. The van der Waals surface area contributed by atoms with Crippen molar-refractivity contribution in [3.8, 4) is 0 Å². The van der Waals surface area contributed by atoms with E-state index in [0.29, 0.717) is 13.1 Å². The molecule has 0 radical (unpaired) electrons. The van der Waals surface area contributed by atoms with Crippen molar-refractivity contribution in [1.29, 1.82) is 0 Å². The smallest absolute Gasteiger partial charge is 0.327 e. The molecule has 0 saturated heterocycles. The summed E-state index contributed by atoms with van der Waals surface area (Å²) in [5, 5.41) is 6.43. The molecule has 20 heavy (non-hydrogen) atoms. The quantitative estimate of drug-likeness (QED) is 0.273. The van der Waals surface area contributed by atoms with Crippen LogP contribution in [-0.4, -0.2) is 45.2 Å². The Labute approximate surface area is 123 Å². The van der Waals surface area contributed by atoms with E-state index in [1.54, 1.807) is 0 Å². The van der Waals surface area contributed by atoms with Gasteiger partial charge in [-0.25, -0.2) is 0 Å². The van der Waals surface area contributed by atoms with Crippen LogP contribution in [0.2, 0.25) is 0 Å². The van der Waals surface area contributed by atoms with Gasteiger partial charge in [0.1, 0.15) is 0 Å². The van der Waals surface area contributed by atoms with Crippen LogP contribution >= 0.6 is 0 Å². The van der Waals surface area contributed by atoms with E-state index < -0.39 is 0 Å². The number of rotatable bonds is 14. The lowest BCUT2D eigenvalue weighted by Crippen LogP contribution is -2.35. The highest BCUT2D eigenvalue weighted by atomic mass is 16.7. The van der Waals surface area contributed by atoms with Gasteiger partial charge in [-0.2, -0.15) is 5.48 Å². The first-order valence-electron chi connectivity index (χ1n) is 7.81. The van der Waals surface area contributed by atoms with Crippen LogP contribution in [0, 0.1) is 5.92 Å². The van der Waals surface area contributed by atoms with Gasteiger partial charge in [-0.05, 0) is 12.8 Å². The number of nitrogens with one attached hydrogen (secondary N) is 3. The van der Waals surface area contributed by atoms with Crippen molar-refractivity contribution in [3.63, 3.8) is 0 Å². The predicted molar refractivity (Wildman–Crippen MR) is 82.2 cm³/mol. The maximum absolute atomic E-state index is 11.8. The molecule has 6 heteroatoms. The Morgan fingerprint density at radius 2 is 1.75 bits per heavy atom. The molecule has 120 valence electrons. The number of hydrogen-bond donors (Lipinski definition) is 4. The van der Waals surface area contributed by atoms with Gasteiger partial charge in [0, 0.05) is 39.3 Å². The molecule has 0 heterocycles. The largest absolute Gasteiger partial charge is 0.370 e. The molecule has 0 aliphatic heterocycles. The summed E-state index contributed by atoms with van der Waals surface area (Å²) in [5.41, 5.74) is 8.09. The van der Waals surface area contributed by atoms with Crippen molar-refractivity contribution in [2.24, 2.45) is 11.7 Å². The third-order valence-electron chi connectivity index (χ3n) is 3.11. The second kappa shape index (κ2) is 14.7. The Balaban J connectivity index is 3.41. The van der Waals surface area contributed by atoms with Crippen molar-refractivity contribution in [1.82, 2.24) is 16.1 Å². The average molecular weight is 288 g/mol. The Bertz CT molecular complexity index is 227. The molecule has 1 unspecified atom stereocenters. The summed E-state index contributed by atoms with van der Waals surface area (Å²) in [4.78, 5) is 16.8. The van der Waals surface area contributed by atoms with E-state index in [1.807, 2.05) is 6.92 Å². The maximum Gasteiger partial charge on any atom is 0.327 e. The summed E-state index contributed by atoms with van der Waals surface area (Å²) < 4.78 is 0. The fraction of sp³-hybridized carbons (Fsp3) is 0.929. The summed E-state index contributed by atoms with van der Waals surface area (Å²) in [6.07, 6.45) is 3.94. The topological polar surface area (TPSA) is 88.4 Å². The second-order valence-electron chi connectivity index (χ2n) is 4.85. The summed E-state index contributed by atoms with van der Waals surface area (Å²) in [6.45, 7) is 8.81. The first-order valence-corrected chi connectivity index (χ1v) is 7.81. The molecule has 6 nitrogen and oxygen atoms in total. The van der Waals surface area contributed by atoms with Crippen molar-refractivity contribution in [3.05, 3.63) is 0 Å². The lowest BCUT2D eigenvalue weighted by atomic mass is 10.00. The van der Waals surface area contributed by atoms with E-state index in [-0.39, 0.29) is 11.9 Å². The van der Waals surface area contributed by atoms with E-state index in [9.17, 15) is 4.79 Å². The Morgan fingerprint density at radius 3 is 2.35 bits per heavy atom. The third-order valence-corrected chi connectivity index (χ3v) is 3.11. The number of nitrogens with two attached hydrogens (primary N) is 1. The van der Waals surface area contributed by atoms with Gasteiger partial charge in [0.05, 0.1) is 5.92 Å². The van der Waals surface area contributed by atoms with E-state index >= 15 is 0 Å². The average Bonchev–Trinajstić information content (AvgIpc) is 2.46. The summed E-state index contributed by atoms with van der Waals surface area (Å²) >= 11 is 0. The molecule has 0 aliphatic carbocycles. The highest BCUT2D eigenvalue weighted by molar-refractivity contribution is 5.71. The van der Waals surface area contributed by atoms with E-state index in [1.165, 1.54) is 0 Å². The monoisotopic (exact) mass is 288 g/mol. The molecule has 0 rings (SSSR count). The SMILES string of the molecule is CCCCC(CC)C(=O)ONCCNCCNCCN. The number of carbonyl (C=O) groups is 1. The molecular weight excluding hydrogens is 256 g/mol. The molecule has 5 N–H and O–H groups in total. The molecule has 0 bridgehead atoms. The van der Waals surface area contributed by atoms with Gasteiger partial charge in [-0.1, -0.05) is 26.7 Å². The number of hydroxylamine groups is 1. The van der Waals surface area contributed by atoms with Crippen LogP contribution in [0.4, 0.5) is 0 Å². The molecule has 0 fully saturated rings. The van der Waals surface area contributed by atoms with Gasteiger partial charge in [0.2, 0.25) is 0 Å². The molecule has 1 atom stereocenters. The van der Waals surface area contributed by atoms with E-state index in [4.69, 9.17) is 10.6 Å². The van der Waals surface area contributed by atoms with Gasteiger partial charge in [-0.15, -0.1) is 0 Å². The minimum absolute atomic E-state index is 0.0240. The molecule has 0 saturated carbocycles. The maximum atomic E-state index is 11.8. The Kier molecular flexibility index (Phi) is 14.2. The van der Waals surface area contributed by atoms with Gasteiger partial charge >= 0.3 is 5.97 Å². The predicted octanol–water partition coefficient (Wildman–Crippen LogP) is 0.389. The molecule has 0 amide bonds. The molecule has 0 aliphatic rings. The van der Waals surface area contributed by atoms with Crippen LogP contribution < -0.4 is 21.8 Å². The fourth-order valence-electron chi connectivity index (χ4n) is 1.81. The molecular formula is C14H32N4O2. The van der Waals surface area contributed by atoms with Gasteiger partial charge in [0.25, 0.3) is 0 Å². The minimum atomic E-state index is -0.134. The molecule has 0 aromatic rings. The minimum Gasteiger partial charge on any atom is -0.370 e. The normalized spacial score (nSPS) is 12.3. The first-order chi connectivity index (χ1) is 9.76. The Hall–Kier alpha value is -0.690. The van der Waals surface area contributed by atoms with Crippen LogP contribution in [-0.2, 0) is 9.63 Å². The van der Waals surface area contributed by atoms with Crippen molar-refractivity contribution in [2.75, 3.05) is 39.3 Å². The second-order valence-corrected chi connectivity index (χ2v) is 4.85. The number of unbranched alkanes of at least 4 members (excludes halogenated alkanes) is 1. The van der Waals surface area contributed by atoms with E-state index in [0.717, 1.165) is 51.9 Å². The molecule has 0 spiro atoms. The lowest BCUT2D eigenvalue weighted by Gasteiger charge is -2.13. The van der Waals surface area contributed by atoms with Crippen molar-refractivity contribution >= 4 is 5.97 Å². The molecule has 0 aromatic heterocycles. The van der Waals surface area contributed by atoms with Gasteiger partial charge in [-0.3, -0.25) is 4.79 Å². The van der Waals surface area contributed by atoms with Crippen LogP contribution in [0.5, 0.6) is 0 Å². The highest BCUT2D eigenvalue weighted by Crippen LogP contribution is 2.13. The summed E-state index contributed by atoms with van der Waals surface area (Å²) in [7, 11) is 0.